The van der Waals surface area contributed by atoms with Crippen molar-refractivity contribution in [3.05, 3.63) is 10.6 Å². The second kappa shape index (κ2) is 10.1. The van der Waals surface area contributed by atoms with E-state index in [1.807, 2.05) is 27.7 Å². The van der Waals surface area contributed by atoms with Gasteiger partial charge in [0.1, 0.15) is 12.1 Å². The zero-order valence-corrected chi connectivity index (χ0v) is 18.9. The maximum Gasteiger partial charge on any atom is 0.349 e. The number of hydrogen-bond acceptors (Lipinski definition) is 7. The molecule has 29 heavy (non-hydrogen) atoms. The second-order valence-corrected chi connectivity index (χ2v) is 9.74. The minimum absolute atomic E-state index is 0.118. The van der Waals surface area contributed by atoms with E-state index in [1.54, 1.807) is 20.8 Å². The Morgan fingerprint density at radius 1 is 1.17 bits per heavy atom. The quantitative estimate of drug-likeness (QED) is 0.390. The lowest BCUT2D eigenvalue weighted by molar-refractivity contribution is -0.163. The fourth-order valence-corrected chi connectivity index (χ4v) is 3.24. The molecule has 0 aliphatic rings. The highest BCUT2D eigenvalue weighted by Crippen LogP contribution is 2.24. The number of hydroxylamine groups is 2. The topological polar surface area (TPSA) is 132 Å². The third kappa shape index (κ3) is 7.37. The van der Waals surface area contributed by atoms with Gasteiger partial charge in [-0.3, -0.25) is 14.8 Å². The Hall–Kier alpha value is -2.04. The standard InChI is InChI=1S/C19H32N4O5S/c1-10(2)8-9-13(24)16(26)23(28)18(27)21-14(19(5,6)7)15(25)22-17-20-11(3)12(4)29-17/h10,13-14,24,28H,8-9H2,1-7H3,(H,21,27)(H,20,22,25)/t13-,14+/m0/s1. The van der Waals surface area contributed by atoms with Crippen LogP contribution in [-0.4, -0.2) is 50.4 Å². The number of urea groups is 1. The smallest absolute Gasteiger partial charge is 0.349 e. The summed E-state index contributed by atoms with van der Waals surface area (Å²) in [6, 6.07) is -2.24. The van der Waals surface area contributed by atoms with E-state index in [4.69, 9.17) is 0 Å². The Morgan fingerprint density at radius 3 is 2.21 bits per heavy atom. The lowest BCUT2D eigenvalue weighted by Crippen LogP contribution is -2.56. The van der Waals surface area contributed by atoms with Crippen LogP contribution in [-0.2, 0) is 9.59 Å². The number of aliphatic hydroxyl groups excluding tert-OH is 1. The molecular formula is C19H32N4O5S. The van der Waals surface area contributed by atoms with Gasteiger partial charge in [0.05, 0.1) is 5.69 Å². The Balaban J connectivity index is 2.85. The number of nitrogens with one attached hydrogen (secondary N) is 2. The number of aryl methyl sites for hydroxylation is 2. The van der Waals surface area contributed by atoms with Gasteiger partial charge in [-0.15, -0.1) is 16.4 Å². The molecule has 4 N–H and O–H groups in total. The number of carbonyl (C=O) groups is 3. The Kier molecular flexibility index (Phi) is 8.73. The van der Waals surface area contributed by atoms with Crippen molar-refractivity contribution in [2.75, 3.05) is 5.32 Å². The summed E-state index contributed by atoms with van der Waals surface area (Å²) in [5.41, 5.74) is 0.0745. The van der Waals surface area contributed by atoms with E-state index in [2.05, 4.69) is 15.6 Å². The summed E-state index contributed by atoms with van der Waals surface area (Å²) in [4.78, 5) is 42.3. The van der Waals surface area contributed by atoms with Crippen molar-refractivity contribution >= 4 is 34.3 Å². The normalized spacial score (nSPS) is 13.7. The van der Waals surface area contributed by atoms with Crippen LogP contribution in [0.2, 0.25) is 0 Å². The molecule has 10 heteroatoms. The largest absolute Gasteiger partial charge is 0.383 e. The highest BCUT2D eigenvalue weighted by molar-refractivity contribution is 7.15. The average Bonchev–Trinajstić information content (AvgIpc) is 2.91. The SMILES string of the molecule is Cc1nc(NC(=O)[C@@H](NC(=O)N(O)C(=O)[C@@H](O)CCC(C)C)C(C)(C)C)sc1C. The molecule has 0 spiro atoms. The van der Waals surface area contributed by atoms with Gasteiger partial charge in [-0.1, -0.05) is 34.6 Å². The average molecular weight is 429 g/mol. The molecule has 0 saturated carbocycles. The van der Waals surface area contributed by atoms with Gasteiger partial charge >= 0.3 is 6.03 Å². The molecule has 0 unspecified atom stereocenters. The maximum atomic E-state index is 12.7. The van der Waals surface area contributed by atoms with E-state index in [0.717, 1.165) is 10.6 Å². The highest BCUT2D eigenvalue weighted by atomic mass is 32.1. The molecule has 1 aromatic rings. The van der Waals surface area contributed by atoms with Crippen molar-refractivity contribution in [1.29, 1.82) is 0 Å². The first-order valence-corrected chi connectivity index (χ1v) is 10.3. The third-order valence-electron chi connectivity index (χ3n) is 4.36. The molecule has 0 aliphatic heterocycles. The molecule has 0 fully saturated rings. The van der Waals surface area contributed by atoms with E-state index >= 15 is 0 Å². The summed E-state index contributed by atoms with van der Waals surface area (Å²) in [6.45, 7) is 12.8. The van der Waals surface area contributed by atoms with Crippen molar-refractivity contribution in [3.8, 4) is 0 Å². The fourth-order valence-electron chi connectivity index (χ4n) is 2.42. The molecular weight excluding hydrogens is 396 g/mol. The minimum atomic E-state index is -1.50. The maximum absolute atomic E-state index is 12.7. The molecule has 0 aromatic carbocycles. The van der Waals surface area contributed by atoms with E-state index in [0.29, 0.717) is 11.6 Å². The summed E-state index contributed by atoms with van der Waals surface area (Å²) in [5.74, 6) is -1.41. The van der Waals surface area contributed by atoms with E-state index < -0.39 is 35.4 Å². The van der Waals surface area contributed by atoms with Crippen LogP contribution in [0, 0.1) is 25.2 Å². The lowest BCUT2D eigenvalue weighted by atomic mass is 9.86. The van der Waals surface area contributed by atoms with Crippen LogP contribution in [0.4, 0.5) is 9.93 Å². The molecule has 1 rings (SSSR count). The van der Waals surface area contributed by atoms with Crippen LogP contribution in [0.25, 0.3) is 0 Å². The summed E-state index contributed by atoms with van der Waals surface area (Å²) in [7, 11) is 0. The number of anilines is 1. The van der Waals surface area contributed by atoms with Gasteiger partial charge in [-0.25, -0.2) is 9.78 Å². The molecule has 1 heterocycles. The first-order chi connectivity index (χ1) is 13.2. The molecule has 0 bridgehead atoms. The molecule has 0 aliphatic carbocycles. The highest BCUT2D eigenvalue weighted by Gasteiger charge is 2.36. The minimum Gasteiger partial charge on any atom is -0.383 e. The molecule has 4 amide bonds. The van der Waals surface area contributed by atoms with E-state index in [1.165, 1.54) is 11.3 Å². The molecule has 1 aromatic heterocycles. The second-order valence-electron chi connectivity index (χ2n) is 8.54. The van der Waals surface area contributed by atoms with Crippen molar-refractivity contribution in [2.24, 2.45) is 11.3 Å². The van der Waals surface area contributed by atoms with Gasteiger partial charge in [0.25, 0.3) is 5.91 Å². The van der Waals surface area contributed by atoms with Gasteiger partial charge in [0.2, 0.25) is 5.91 Å². The number of amides is 4. The van der Waals surface area contributed by atoms with Crippen LogP contribution in [0.1, 0.15) is 58.0 Å². The van der Waals surface area contributed by atoms with Gasteiger partial charge < -0.3 is 15.7 Å². The van der Waals surface area contributed by atoms with Gasteiger partial charge in [-0.2, -0.15) is 0 Å². The predicted molar refractivity (Wildman–Crippen MR) is 111 cm³/mol. The van der Waals surface area contributed by atoms with E-state index in [-0.39, 0.29) is 17.4 Å². The first-order valence-electron chi connectivity index (χ1n) is 9.50. The number of aromatic nitrogens is 1. The van der Waals surface area contributed by atoms with Crippen molar-refractivity contribution < 1.29 is 24.7 Å². The number of carbonyl (C=O) groups excluding carboxylic acids is 3. The number of rotatable bonds is 7. The van der Waals surface area contributed by atoms with Gasteiger partial charge in [-0.05, 0) is 38.0 Å². The molecule has 9 nitrogen and oxygen atoms in total. The number of thiazole rings is 1. The van der Waals surface area contributed by atoms with E-state index in [9.17, 15) is 24.7 Å². The predicted octanol–water partition coefficient (Wildman–Crippen LogP) is 2.84. The molecule has 0 saturated heterocycles. The fraction of sp³-hybridized carbons (Fsp3) is 0.684. The number of imide groups is 1. The monoisotopic (exact) mass is 428 g/mol. The lowest BCUT2D eigenvalue weighted by Gasteiger charge is -2.31. The van der Waals surface area contributed by atoms with Crippen LogP contribution >= 0.6 is 11.3 Å². The number of nitrogens with zero attached hydrogens (tertiary/aromatic N) is 2. The molecule has 2 atom stereocenters. The first kappa shape index (κ1) is 25.0. The van der Waals surface area contributed by atoms with Crippen LogP contribution in [0.15, 0.2) is 0 Å². The zero-order chi connectivity index (χ0) is 22.5. The molecule has 164 valence electrons. The summed E-state index contributed by atoms with van der Waals surface area (Å²) >= 11 is 1.31. The van der Waals surface area contributed by atoms with Crippen molar-refractivity contribution in [3.63, 3.8) is 0 Å². The summed E-state index contributed by atoms with van der Waals surface area (Å²) in [5, 5.41) is 25.1. The van der Waals surface area contributed by atoms with Crippen LogP contribution in [0.5, 0.6) is 0 Å². The van der Waals surface area contributed by atoms with Crippen LogP contribution < -0.4 is 10.6 Å². The Bertz CT molecular complexity index is 722. The third-order valence-corrected chi connectivity index (χ3v) is 5.35. The zero-order valence-electron chi connectivity index (χ0n) is 18.1. The van der Waals surface area contributed by atoms with Gasteiger partial charge in [0, 0.05) is 4.88 Å². The van der Waals surface area contributed by atoms with Crippen molar-refractivity contribution in [1.82, 2.24) is 15.4 Å². The number of aliphatic hydroxyl groups is 1. The number of hydrogen-bond donors (Lipinski definition) is 4. The summed E-state index contributed by atoms with van der Waals surface area (Å²) in [6.07, 6.45) is -0.828. The molecule has 0 radical (unpaired) electrons. The Labute approximate surface area is 175 Å². The summed E-state index contributed by atoms with van der Waals surface area (Å²) < 4.78 is 0. The van der Waals surface area contributed by atoms with Crippen LogP contribution in [0.3, 0.4) is 0 Å². The van der Waals surface area contributed by atoms with Crippen molar-refractivity contribution in [2.45, 2.75) is 73.5 Å². The van der Waals surface area contributed by atoms with Gasteiger partial charge in [0.15, 0.2) is 5.13 Å². The Morgan fingerprint density at radius 2 is 1.76 bits per heavy atom.